The molecule has 1 unspecified atom stereocenters. The summed E-state index contributed by atoms with van der Waals surface area (Å²) in [6.45, 7) is 8.14. The summed E-state index contributed by atoms with van der Waals surface area (Å²) in [5.74, 6) is 0.938. The van der Waals surface area contributed by atoms with Crippen LogP contribution in [0.5, 0.6) is 5.75 Å². The molecule has 112 valence electrons. The highest BCUT2D eigenvalue weighted by Gasteiger charge is 2.11. The van der Waals surface area contributed by atoms with E-state index in [0.717, 1.165) is 18.7 Å². The zero-order valence-corrected chi connectivity index (χ0v) is 13.2. The highest BCUT2D eigenvalue weighted by Crippen LogP contribution is 2.20. The summed E-state index contributed by atoms with van der Waals surface area (Å²) in [5.41, 5.74) is 4.03. The first kappa shape index (κ1) is 15.6. The molecule has 2 rings (SSSR count). The number of hydrogen-bond acceptors (Lipinski definition) is 2. The fourth-order valence-electron chi connectivity index (χ4n) is 2.43. The van der Waals surface area contributed by atoms with Crippen LogP contribution in [-0.2, 0) is 0 Å². The van der Waals surface area contributed by atoms with E-state index in [1.807, 2.05) is 30.3 Å². The minimum atomic E-state index is 0.345. The van der Waals surface area contributed by atoms with Crippen molar-refractivity contribution in [1.82, 2.24) is 5.32 Å². The van der Waals surface area contributed by atoms with Crippen LogP contribution in [0.3, 0.4) is 0 Å². The van der Waals surface area contributed by atoms with Gasteiger partial charge in [0.25, 0.3) is 0 Å². The normalized spacial score (nSPS) is 12.1. The van der Waals surface area contributed by atoms with Gasteiger partial charge in [-0.05, 0) is 49.2 Å². The summed E-state index contributed by atoms with van der Waals surface area (Å²) in [6.07, 6.45) is 0.964. The summed E-state index contributed by atoms with van der Waals surface area (Å²) in [5, 5.41) is 3.55. The first-order valence-electron chi connectivity index (χ1n) is 7.69. The molecule has 2 aromatic carbocycles. The largest absolute Gasteiger partial charge is 0.494 e. The molecule has 2 aromatic rings. The van der Waals surface area contributed by atoms with E-state index in [9.17, 15) is 0 Å². The summed E-state index contributed by atoms with van der Waals surface area (Å²) < 4.78 is 5.82. The van der Waals surface area contributed by atoms with Gasteiger partial charge in [0.2, 0.25) is 0 Å². The molecule has 0 aromatic heterocycles. The molecule has 21 heavy (non-hydrogen) atoms. The number of aryl methyl sites for hydroxylation is 2. The molecule has 0 fully saturated rings. The molecule has 0 bridgehead atoms. The number of nitrogens with one attached hydrogen (secondary N) is 1. The lowest BCUT2D eigenvalue weighted by Crippen LogP contribution is -2.23. The molecule has 2 heteroatoms. The second kappa shape index (κ2) is 7.84. The van der Waals surface area contributed by atoms with E-state index in [-0.39, 0.29) is 0 Å². The van der Waals surface area contributed by atoms with Gasteiger partial charge in [-0.1, -0.05) is 43.3 Å². The van der Waals surface area contributed by atoms with Crippen molar-refractivity contribution >= 4 is 0 Å². The van der Waals surface area contributed by atoms with E-state index in [1.165, 1.54) is 16.7 Å². The lowest BCUT2D eigenvalue weighted by molar-refractivity contribution is 0.287. The third kappa shape index (κ3) is 4.61. The third-order valence-electron chi connectivity index (χ3n) is 3.80. The molecule has 0 aliphatic carbocycles. The molecule has 1 atom stereocenters. The van der Waals surface area contributed by atoms with E-state index < -0.39 is 0 Å². The zero-order valence-electron chi connectivity index (χ0n) is 13.2. The molecule has 0 saturated heterocycles. The summed E-state index contributed by atoms with van der Waals surface area (Å²) in [7, 11) is 0. The minimum Gasteiger partial charge on any atom is -0.494 e. The molecule has 0 radical (unpaired) electrons. The Morgan fingerprint density at radius 3 is 2.43 bits per heavy atom. The predicted octanol–water partition coefficient (Wildman–Crippen LogP) is 4.42. The van der Waals surface area contributed by atoms with Gasteiger partial charge in [-0.15, -0.1) is 0 Å². The third-order valence-corrected chi connectivity index (χ3v) is 3.80. The highest BCUT2D eigenvalue weighted by molar-refractivity contribution is 5.31. The van der Waals surface area contributed by atoms with Crippen LogP contribution in [-0.4, -0.2) is 13.2 Å². The van der Waals surface area contributed by atoms with Crippen molar-refractivity contribution in [3.63, 3.8) is 0 Å². The van der Waals surface area contributed by atoms with E-state index in [4.69, 9.17) is 4.74 Å². The van der Waals surface area contributed by atoms with Gasteiger partial charge in [0.15, 0.2) is 0 Å². The second-order valence-electron chi connectivity index (χ2n) is 5.40. The molecule has 0 aliphatic heterocycles. The molecule has 2 nitrogen and oxygen atoms in total. The highest BCUT2D eigenvalue weighted by atomic mass is 16.5. The smallest absolute Gasteiger partial charge is 0.119 e. The van der Waals surface area contributed by atoms with E-state index in [2.05, 4.69) is 44.3 Å². The van der Waals surface area contributed by atoms with Gasteiger partial charge in [-0.2, -0.15) is 0 Å². The van der Waals surface area contributed by atoms with Crippen molar-refractivity contribution in [2.24, 2.45) is 0 Å². The molecule has 0 spiro atoms. The summed E-state index contributed by atoms with van der Waals surface area (Å²) in [4.78, 5) is 0. The Kier molecular flexibility index (Phi) is 5.82. The van der Waals surface area contributed by atoms with Gasteiger partial charge in [-0.25, -0.2) is 0 Å². The Hall–Kier alpha value is -1.80. The maximum atomic E-state index is 5.82. The van der Waals surface area contributed by atoms with Crippen LogP contribution in [0.15, 0.2) is 48.5 Å². The topological polar surface area (TPSA) is 21.3 Å². The number of benzene rings is 2. The lowest BCUT2D eigenvalue weighted by atomic mass is 9.99. The molecular formula is C19H25NO. The van der Waals surface area contributed by atoms with Crippen molar-refractivity contribution in [1.29, 1.82) is 0 Å². The lowest BCUT2D eigenvalue weighted by Gasteiger charge is -2.19. The fraction of sp³-hybridized carbons (Fsp3) is 0.368. The zero-order chi connectivity index (χ0) is 15.1. The molecule has 1 N–H and O–H groups in total. The molecule has 0 amide bonds. The minimum absolute atomic E-state index is 0.345. The number of ether oxygens (including phenoxy) is 1. The molecule has 0 aliphatic rings. The van der Waals surface area contributed by atoms with Crippen LogP contribution in [0, 0.1) is 13.8 Å². The fourth-order valence-corrected chi connectivity index (χ4v) is 2.43. The van der Waals surface area contributed by atoms with Crippen LogP contribution < -0.4 is 10.1 Å². The van der Waals surface area contributed by atoms with E-state index in [1.54, 1.807) is 0 Å². The van der Waals surface area contributed by atoms with E-state index >= 15 is 0 Å². The standard InChI is InChI=1S/C19H25NO/c1-4-20-19(17-11-10-15(2)16(3)14-17)12-13-21-18-8-6-5-7-9-18/h5-11,14,19-20H,4,12-13H2,1-3H3. The van der Waals surface area contributed by atoms with Crippen molar-refractivity contribution in [3.8, 4) is 5.75 Å². The first-order chi connectivity index (χ1) is 10.2. The summed E-state index contributed by atoms with van der Waals surface area (Å²) in [6, 6.07) is 17.1. The van der Waals surface area contributed by atoms with Crippen molar-refractivity contribution < 1.29 is 4.74 Å². The summed E-state index contributed by atoms with van der Waals surface area (Å²) >= 11 is 0. The van der Waals surface area contributed by atoms with Gasteiger partial charge >= 0.3 is 0 Å². The van der Waals surface area contributed by atoms with Gasteiger partial charge in [-0.3, -0.25) is 0 Å². The average molecular weight is 283 g/mol. The average Bonchev–Trinajstić information content (AvgIpc) is 2.50. The Morgan fingerprint density at radius 1 is 1.00 bits per heavy atom. The van der Waals surface area contributed by atoms with Gasteiger partial charge in [0, 0.05) is 12.5 Å². The monoisotopic (exact) mass is 283 g/mol. The van der Waals surface area contributed by atoms with Crippen LogP contribution in [0.2, 0.25) is 0 Å². The Labute approximate surface area is 128 Å². The molecule has 0 heterocycles. The van der Waals surface area contributed by atoms with Crippen molar-refractivity contribution in [2.45, 2.75) is 33.2 Å². The predicted molar refractivity (Wildman–Crippen MR) is 88.9 cm³/mol. The SMILES string of the molecule is CCNC(CCOc1ccccc1)c1ccc(C)c(C)c1. The Morgan fingerprint density at radius 2 is 1.76 bits per heavy atom. The number of hydrogen-bond donors (Lipinski definition) is 1. The van der Waals surface area contributed by atoms with Crippen molar-refractivity contribution in [3.05, 3.63) is 65.2 Å². The van der Waals surface area contributed by atoms with Crippen LogP contribution in [0.25, 0.3) is 0 Å². The number of rotatable bonds is 7. The molecular weight excluding hydrogens is 258 g/mol. The van der Waals surface area contributed by atoms with Gasteiger partial charge in [0.1, 0.15) is 5.75 Å². The van der Waals surface area contributed by atoms with Gasteiger partial charge < -0.3 is 10.1 Å². The van der Waals surface area contributed by atoms with Crippen molar-refractivity contribution in [2.75, 3.05) is 13.2 Å². The first-order valence-corrected chi connectivity index (χ1v) is 7.69. The maximum absolute atomic E-state index is 5.82. The number of para-hydroxylation sites is 1. The Bertz CT molecular complexity index is 551. The quantitative estimate of drug-likeness (QED) is 0.812. The van der Waals surface area contributed by atoms with Crippen LogP contribution in [0.4, 0.5) is 0 Å². The second-order valence-corrected chi connectivity index (χ2v) is 5.40. The maximum Gasteiger partial charge on any atom is 0.119 e. The van der Waals surface area contributed by atoms with Crippen LogP contribution in [0.1, 0.15) is 36.1 Å². The van der Waals surface area contributed by atoms with Crippen LogP contribution >= 0.6 is 0 Å². The van der Waals surface area contributed by atoms with Gasteiger partial charge in [0.05, 0.1) is 6.61 Å². The molecule has 0 saturated carbocycles. The van der Waals surface area contributed by atoms with E-state index in [0.29, 0.717) is 12.6 Å². The Balaban J connectivity index is 1.97.